The van der Waals surface area contributed by atoms with E-state index in [1.165, 1.54) is 0 Å². The zero-order valence-electron chi connectivity index (χ0n) is 10.9. The Bertz CT molecular complexity index is 464. The molecule has 2 rings (SSSR count). The number of carbonyl (C=O) groups excluding carboxylic acids is 1. The maximum atomic E-state index is 11.4. The van der Waals surface area contributed by atoms with Crippen molar-refractivity contribution in [3.63, 3.8) is 0 Å². The normalized spacial score (nSPS) is 20.2. The lowest BCUT2D eigenvalue weighted by molar-refractivity contribution is -0.124. The lowest BCUT2D eigenvalue weighted by atomic mass is 10.1. The van der Waals surface area contributed by atoms with Gasteiger partial charge in [0.2, 0.25) is 5.91 Å². The smallest absolute Gasteiger partial charge is 0.236 e. The third kappa shape index (κ3) is 3.15. The van der Waals surface area contributed by atoms with Crippen LogP contribution in [-0.4, -0.2) is 48.7 Å². The summed E-state index contributed by atoms with van der Waals surface area (Å²) in [5.74, 6) is 0.425. The molecule has 6 heteroatoms. The van der Waals surface area contributed by atoms with E-state index in [-0.39, 0.29) is 17.7 Å². The van der Waals surface area contributed by atoms with E-state index in [9.17, 15) is 9.90 Å². The van der Waals surface area contributed by atoms with Crippen LogP contribution < -0.4 is 15.8 Å². The van der Waals surface area contributed by atoms with Gasteiger partial charge in [0.1, 0.15) is 17.5 Å². The summed E-state index contributed by atoms with van der Waals surface area (Å²) in [5, 5.41) is 13.1. The van der Waals surface area contributed by atoms with E-state index in [1.54, 1.807) is 25.3 Å². The molecule has 1 aromatic carbocycles. The largest absolute Gasteiger partial charge is 0.507 e. The van der Waals surface area contributed by atoms with Crippen LogP contribution >= 0.6 is 0 Å². The second kappa shape index (κ2) is 5.90. The standard InChI is InChI=1S/C13H19N3O3/c1-19-10-3-2-9(12(17)6-10)8-16-5-4-15-7-11(16)13(14)18/h2-3,6,11,15,17H,4-5,7-8H2,1H3,(H2,14,18). The van der Waals surface area contributed by atoms with Gasteiger partial charge in [-0.1, -0.05) is 6.07 Å². The van der Waals surface area contributed by atoms with Crippen LogP contribution in [0.1, 0.15) is 5.56 Å². The highest BCUT2D eigenvalue weighted by molar-refractivity contribution is 5.80. The number of phenols is 1. The van der Waals surface area contributed by atoms with Gasteiger partial charge in [-0.15, -0.1) is 0 Å². The quantitative estimate of drug-likeness (QED) is 0.693. The van der Waals surface area contributed by atoms with Gasteiger partial charge in [0.25, 0.3) is 0 Å². The molecule has 1 aromatic rings. The Morgan fingerprint density at radius 3 is 3.05 bits per heavy atom. The first-order chi connectivity index (χ1) is 9.11. The molecule has 1 aliphatic rings. The number of hydrogen-bond donors (Lipinski definition) is 3. The number of nitrogens with two attached hydrogens (primary N) is 1. The molecule has 4 N–H and O–H groups in total. The van der Waals surface area contributed by atoms with Gasteiger partial charge in [-0.05, 0) is 6.07 Å². The van der Waals surface area contributed by atoms with Crippen molar-refractivity contribution in [2.24, 2.45) is 5.73 Å². The van der Waals surface area contributed by atoms with Gasteiger partial charge in [-0.25, -0.2) is 0 Å². The fourth-order valence-corrected chi connectivity index (χ4v) is 2.24. The molecule has 0 aliphatic carbocycles. The Morgan fingerprint density at radius 2 is 2.42 bits per heavy atom. The topological polar surface area (TPSA) is 87.8 Å². The van der Waals surface area contributed by atoms with Gasteiger partial charge in [0, 0.05) is 37.8 Å². The van der Waals surface area contributed by atoms with Crippen LogP contribution in [0, 0.1) is 0 Å². The van der Waals surface area contributed by atoms with Crippen LogP contribution in [0.5, 0.6) is 11.5 Å². The number of nitrogens with one attached hydrogen (secondary N) is 1. The minimum Gasteiger partial charge on any atom is -0.507 e. The molecular weight excluding hydrogens is 246 g/mol. The molecule has 0 saturated carbocycles. The van der Waals surface area contributed by atoms with Crippen molar-refractivity contribution in [3.05, 3.63) is 23.8 Å². The molecule has 1 amide bonds. The SMILES string of the molecule is COc1ccc(CN2CCNCC2C(N)=O)c(O)c1. The molecule has 1 atom stereocenters. The van der Waals surface area contributed by atoms with Crippen LogP contribution in [0.2, 0.25) is 0 Å². The Labute approximate surface area is 112 Å². The number of nitrogens with zero attached hydrogens (tertiary/aromatic N) is 1. The molecule has 1 saturated heterocycles. The lowest BCUT2D eigenvalue weighted by Crippen LogP contribution is -2.56. The number of rotatable bonds is 4. The van der Waals surface area contributed by atoms with Crippen molar-refractivity contribution in [1.29, 1.82) is 0 Å². The van der Waals surface area contributed by atoms with Gasteiger partial charge in [0.05, 0.1) is 7.11 Å². The van der Waals surface area contributed by atoms with E-state index in [1.807, 2.05) is 4.90 Å². The molecule has 1 unspecified atom stereocenters. The Morgan fingerprint density at radius 1 is 1.63 bits per heavy atom. The molecule has 0 spiro atoms. The van der Waals surface area contributed by atoms with Crippen LogP contribution in [0.15, 0.2) is 18.2 Å². The third-order valence-corrected chi connectivity index (χ3v) is 3.35. The summed E-state index contributed by atoms with van der Waals surface area (Å²) in [6.07, 6.45) is 0. The summed E-state index contributed by atoms with van der Waals surface area (Å²) < 4.78 is 5.04. The predicted molar refractivity (Wildman–Crippen MR) is 70.9 cm³/mol. The van der Waals surface area contributed by atoms with E-state index in [4.69, 9.17) is 10.5 Å². The van der Waals surface area contributed by atoms with Gasteiger partial charge in [0.15, 0.2) is 0 Å². The second-order valence-corrected chi connectivity index (χ2v) is 4.59. The lowest BCUT2D eigenvalue weighted by Gasteiger charge is -2.34. The number of ether oxygens (including phenoxy) is 1. The average molecular weight is 265 g/mol. The van der Waals surface area contributed by atoms with Crippen molar-refractivity contribution < 1.29 is 14.6 Å². The van der Waals surface area contributed by atoms with Crippen LogP contribution in [0.4, 0.5) is 0 Å². The first-order valence-corrected chi connectivity index (χ1v) is 6.22. The van der Waals surface area contributed by atoms with Crippen molar-refractivity contribution in [2.75, 3.05) is 26.7 Å². The molecule has 0 bridgehead atoms. The Kier molecular flexibility index (Phi) is 4.24. The summed E-state index contributed by atoms with van der Waals surface area (Å²) in [7, 11) is 1.55. The van der Waals surface area contributed by atoms with Crippen LogP contribution in [0.3, 0.4) is 0 Å². The van der Waals surface area contributed by atoms with Crippen LogP contribution in [0.25, 0.3) is 0 Å². The highest BCUT2D eigenvalue weighted by atomic mass is 16.5. The zero-order valence-corrected chi connectivity index (χ0v) is 10.9. The summed E-state index contributed by atoms with van der Waals surface area (Å²) in [6.45, 7) is 2.57. The van der Waals surface area contributed by atoms with Gasteiger partial charge in [-0.2, -0.15) is 0 Å². The molecular formula is C13H19N3O3. The number of carbonyl (C=O) groups is 1. The monoisotopic (exact) mass is 265 g/mol. The maximum absolute atomic E-state index is 11.4. The highest BCUT2D eigenvalue weighted by Crippen LogP contribution is 2.25. The first kappa shape index (κ1) is 13.6. The van der Waals surface area contributed by atoms with E-state index in [0.29, 0.717) is 18.8 Å². The highest BCUT2D eigenvalue weighted by Gasteiger charge is 2.27. The minimum atomic E-state index is -0.347. The number of benzene rings is 1. The van der Waals surface area contributed by atoms with Crippen LogP contribution in [-0.2, 0) is 11.3 Å². The van der Waals surface area contributed by atoms with E-state index >= 15 is 0 Å². The Hall–Kier alpha value is -1.79. The van der Waals surface area contributed by atoms with E-state index in [0.717, 1.165) is 18.7 Å². The number of piperazine rings is 1. The summed E-state index contributed by atoms with van der Waals surface area (Å²) in [4.78, 5) is 13.4. The molecule has 1 heterocycles. The summed E-state index contributed by atoms with van der Waals surface area (Å²) >= 11 is 0. The summed E-state index contributed by atoms with van der Waals surface area (Å²) in [6, 6.07) is 4.82. The third-order valence-electron chi connectivity index (χ3n) is 3.35. The minimum absolute atomic E-state index is 0.168. The number of methoxy groups -OCH3 is 1. The zero-order chi connectivity index (χ0) is 13.8. The maximum Gasteiger partial charge on any atom is 0.236 e. The molecule has 6 nitrogen and oxygen atoms in total. The average Bonchev–Trinajstić information content (AvgIpc) is 2.41. The number of amides is 1. The first-order valence-electron chi connectivity index (χ1n) is 6.22. The second-order valence-electron chi connectivity index (χ2n) is 4.59. The predicted octanol–water partition coefficient (Wildman–Crippen LogP) is -0.340. The summed E-state index contributed by atoms with van der Waals surface area (Å²) in [5.41, 5.74) is 6.15. The van der Waals surface area contributed by atoms with E-state index in [2.05, 4.69) is 5.32 Å². The number of phenolic OH excluding ortho intramolecular Hbond substituents is 1. The number of primary amides is 1. The number of aromatic hydroxyl groups is 1. The Balaban J connectivity index is 2.12. The van der Waals surface area contributed by atoms with Gasteiger partial charge >= 0.3 is 0 Å². The van der Waals surface area contributed by atoms with Crippen molar-refractivity contribution >= 4 is 5.91 Å². The number of hydrogen-bond acceptors (Lipinski definition) is 5. The van der Waals surface area contributed by atoms with Gasteiger partial charge < -0.3 is 20.9 Å². The molecule has 1 aliphatic heterocycles. The molecule has 19 heavy (non-hydrogen) atoms. The molecule has 0 radical (unpaired) electrons. The van der Waals surface area contributed by atoms with Gasteiger partial charge in [-0.3, -0.25) is 9.69 Å². The molecule has 0 aromatic heterocycles. The van der Waals surface area contributed by atoms with E-state index < -0.39 is 0 Å². The van der Waals surface area contributed by atoms with Crippen molar-refractivity contribution in [3.8, 4) is 11.5 Å². The van der Waals surface area contributed by atoms with Crippen molar-refractivity contribution in [1.82, 2.24) is 10.2 Å². The molecule has 104 valence electrons. The molecule has 1 fully saturated rings. The fraction of sp³-hybridized carbons (Fsp3) is 0.462. The van der Waals surface area contributed by atoms with Crippen molar-refractivity contribution in [2.45, 2.75) is 12.6 Å². The fourth-order valence-electron chi connectivity index (χ4n) is 2.24.